The molecule has 0 bridgehead atoms. The maximum Gasteiger partial charge on any atom is 0.240 e. The molecule has 0 aromatic heterocycles. The quantitative estimate of drug-likeness (QED) is 0.628. The first-order chi connectivity index (χ1) is 15.8. The molecule has 174 valence electrons. The predicted octanol–water partition coefficient (Wildman–Crippen LogP) is 2.92. The minimum absolute atomic E-state index is 0.0484. The molecule has 0 spiro atoms. The highest BCUT2D eigenvalue weighted by Gasteiger charge is 2.53. The molecule has 0 saturated carbocycles. The van der Waals surface area contributed by atoms with E-state index in [4.69, 9.17) is 9.47 Å². The number of rotatable bonds is 6. The van der Waals surface area contributed by atoms with Crippen LogP contribution in [-0.4, -0.2) is 60.9 Å². The summed E-state index contributed by atoms with van der Waals surface area (Å²) in [7, 11) is 3.00. The van der Waals surface area contributed by atoms with E-state index >= 15 is 0 Å². The highest BCUT2D eigenvalue weighted by atomic mass is 19.1. The van der Waals surface area contributed by atoms with Crippen LogP contribution in [0.1, 0.15) is 31.2 Å². The van der Waals surface area contributed by atoms with Crippen LogP contribution in [0.5, 0.6) is 11.5 Å². The van der Waals surface area contributed by atoms with Crippen molar-refractivity contribution >= 4 is 17.7 Å². The van der Waals surface area contributed by atoms with E-state index in [9.17, 15) is 18.8 Å². The zero-order valence-electron chi connectivity index (χ0n) is 18.8. The fourth-order valence-electron chi connectivity index (χ4n) is 4.58. The van der Waals surface area contributed by atoms with Crippen molar-refractivity contribution in [1.29, 1.82) is 0 Å². The third-order valence-electron chi connectivity index (χ3n) is 6.56. The standard InChI is InChI=1S/C25H27FN2O5/c1-27-22(29)15-25(24(27)31,17-7-9-18(32-2)10-8-17)16-23(30)28-13-11-19(12-14-28)33-21-6-4-3-5-20(21)26/h3-10,19H,11-16H2,1-2H3. The number of hydrogen-bond donors (Lipinski definition) is 0. The van der Waals surface area contributed by atoms with Gasteiger partial charge in [0.1, 0.15) is 11.9 Å². The minimum Gasteiger partial charge on any atom is -0.497 e. The van der Waals surface area contributed by atoms with Crippen LogP contribution in [0, 0.1) is 5.82 Å². The number of likely N-dealkylation sites (N-methyl/N-ethyl adjacent to an activating group) is 1. The maximum absolute atomic E-state index is 13.9. The highest BCUT2D eigenvalue weighted by molar-refractivity contribution is 6.10. The Balaban J connectivity index is 1.46. The molecule has 2 aromatic carbocycles. The van der Waals surface area contributed by atoms with Crippen LogP contribution in [0.3, 0.4) is 0 Å². The molecule has 2 aliphatic rings. The van der Waals surface area contributed by atoms with E-state index in [1.807, 2.05) is 0 Å². The Morgan fingerprint density at radius 2 is 1.76 bits per heavy atom. The van der Waals surface area contributed by atoms with Gasteiger partial charge in [0.2, 0.25) is 17.7 Å². The van der Waals surface area contributed by atoms with Crippen molar-refractivity contribution in [2.75, 3.05) is 27.2 Å². The van der Waals surface area contributed by atoms with E-state index in [1.54, 1.807) is 54.5 Å². The number of nitrogens with zero attached hydrogens (tertiary/aromatic N) is 2. The molecule has 0 radical (unpaired) electrons. The molecular formula is C25H27FN2O5. The topological polar surface area (TPSA) is 76.2 Å². The molecule has 1 atom stereocenters. The molecule has 0 aliphatic carbocycles. The molecule has 8 heteroatoms. The van der Waals surface area contributed by atoms with Gasteiger partial charge in [0.05, 0.1) is 12.5 Å². The van der Waals surface area contributed by atoms with Gasteiger partial charge in [0, 0.05) is 45.8 Å². The van der Waals surface area contributed by atoms with E-state index < -0.39 is 11.2 Å². The van der Waals surface area contributed by atoms with Crippen molar-refractivity contribution < 1.29 is 28.2 Å². The number of amides is 3. The minimum atomic E-state index is -1.23. The van der Waals surface area contributed by atoms with Crippen molar-refractivity contribution in [2.45, 2.75) is 37.2 Å². The first-order valence-electron chi connectivity index (χ1n) is 11.0. The number of carbonyl (C=O) groups excluding carboxylic acids is 3. The molecular weight excluding hydrogens is 427 g/mol. The molecule has 4 rings (SSSR count). The lowest BCUT2D eigenvalue weighted by atomic mass is 9.75. The Labute approximate surface area is 192 Å². The molecule has 2 aliphatic heterocycles. The first kappa shape index (κ1) is 22.8. The third kappa shape index (κ3) is 4.42. The van der Waals surface area contributed by atoms with Gasteiger partial charge in [-0.3, -0.25) is 19.3 Å². The lowest BCUT2D eigenvalue weighted by molar-refractivity contribution is -0.142. The summed E-state index contributed by atoms with van der Waals surface area (Å²) in [4.78, 5) is 41.6. The number of para-hydroxylation sites is 1. The van der Waals surface area contributed by atoms with E-state index in [2.05, 4.69) is 0 Å². The molecule has 2 fully saturated rings. The number of ether oxygens (including phenoxy) is 2. The third-order valence-corrected chi connectivity index (χ3v) is 6.56. The van der Waals surface area contributed by atoms with Gasteiger partial charge in [-0.05, 0) is 29.8 Å². The summed E-state index contributed by atoms with van der Waals surface area (Å²) >= 11 is 0. The number of benzene rings is 2. The van der Waals surface area contributed by atoms with Gasteiger partial charge in [0.15, 0.2) is 11.6 Å². The van der Waals surface area contributed by atoms with Crippen LogP contribution < -0.4 is 9.47 Å². The fourth-order valence-corrected chi connectivity index (χ4v) is 4.58. The average Bonchev–Trinajstić information content (AvgIpc) is 3.05. The van der Waals surface area contributed by atoms with Gasteiger partial charge in [-0.15, -0.1) is 0 Å². The Hall–Kier alpha value is -3.42. The number of hydrogen-bond acceptors (Lipinski definition) is 5. The molecule has 1 unspecified atom stereocenters. The van der Waals surface area contributed by atoms with Crippen molar-refractivity contribution in [3.63, 3.8) is 0 Å². The van der Waals surface area contributed by atoms with Crippen LogP contribution in [-0.2, 0) is 19.8 Å². The number of likely N-dealkylation sites (tertiary alicyclic amines) is 2. The summed E-state index contributed by atoms with van der Waals surface area (Å²) in [6.07, 6.45) is 0.785. The normalized spacial score (nSPS) is 21.4. The van der Waals surface area contributed by atoms with E-state index in [-0.39, 0.29) is 42.4 Å². The molecule has 2 aromatic rings. The summed E-state index contributed by atoms with van der Waals surface area (Å²) in [6.45, 7) is 0.878. The Morgan fingerprint density at radius 1 is 1.09 bits per heavy atom. The van der Waals surface area contributed by atoms with Crippen molar-refractivity contribution in [1.82, 2.24) is 9.80 Å². The zero-order valence-corrected chi connectivity index (χ0v) is 18.8. The lowest BCUT2D eigenvalue weighted by Crippen LogP contribution is -2.46. The van der Waals surface area contributed by atoms with Gasteiger partial charge in [-0.1, -0.05) is 24.3 Å². The van der Waals surface area contributed by atoms with Gasteiger partial charge in [-0.2, -0.15) is 0 Å². The Bertz CT molecular complexity index is 1050. The van der Waals surface area contributed by atoms with Crippen molar-refractivity contribution in [2.24, 2.45) is 0 Å². The van der Waals surface area contributed by atoms with Crippen molar-refractivity contribution in [3.05, 3.63) is 59.9 Å². The van der Waals surface area contributed by atoms with Gasteiger partial charge in [-0.25, -0.2) is 4.39 Å². The van der Waals surface area contributed by atoms with Crippen LogP contribution in [0.2, 0.25) is 0 Å². The first-order valence-corrected chi connectivity index (χ1v) is 11.0. The Morgan fingerprint density at radius 3 is 2.33 bits per heavy atom. The van der Waals surface area contributed by atoms with Crippen LogP contribution in [0.4, 0.5) is 4.39 Å². The number of halogens is 1. The number of methoxy groups -OCH3 is 1. The van der Waals surface area contributed by atoms with Crippen LogP contribution in [0.15, 0.2) is 48.5 Å². The monoisotopic (exact) mass is 454 g/mol. The number of imide groups is 1. The van der Waals surface area contributed by atoms with Gasteiger partial charge < -0.3 is 14.4 Å². The highest BCUT2D eigenvalue weighted by Crippen LogP contribution is 2.40. The zero-order chi connectivity index (χ0) is 23.6. The summed E-state index contributed by atoms with van der Waals surface area (Å²) in [6, 6.07) is 13.2. The average molecular weight is 454 g/mol. The van der Waals surface area contributed by atoms with Gasteiger partial charge in [0.25, 0.3) is 0 Å². The predicted molar refractivity (Wildman–Crippen MR) is 118 cm³/mol. The van der Waals surface area contributed by atoms with Crippen molar-refractivity contribution in [3.8, 4) is 11.5 Å². The molecule has 3 amide bonds. The molecule has 0 N–H and O–H groups in total. The smallest absolute Gasteiger partial charge is 0.240 e. The van der Waals surface area contributed by atoms with E-state index in [0.717, 1.165) is 4.90 Å². The van der Waals surface area contributed by atoms with E-state index in [1.165, 1.54) is 13.1 Å². The molecule has 2 saturated heterocycles. The Kier molecular flexibility index (Phi) is 6.35. The summed E-state index contributed by atoms with van der Waals surface area (Å²) in [5.74, 6) is -0.442. The number of carbonyl (C=O) groups is 3. The number of piperidine rings is 1. The molecule has 33 heavy (non-hydrogen) atoms. The second-order valence-electron chi connectivity index (χ2n) is 8.55. The van der Waals surface area contributed by atoms with E-state index in [0.29, 0.717) is 37.2 Å². The SMILES string of the molecule is COc1ccc(C2(CC(=O)N3CCC(Oc4ccccc4F)CC3)CC(=O)N(C)C2=O)cc1. The largest absolute Gasteiger partial charge is 0.497 e. The summed E-state index contributed by atoms with van der Waals surface area (Å²) < 4.78 is 24.8. The summed E-state index contributed by atoms with van der Waals surface area (Å²) in [5.41, 5.74) is -0.604. The second kappa shape index (κ2) is 9.21. The molecule has 7 nitrogen and oxygen atoms in total. The maximum atomic E-state index is 13.9. The van der Waals surface area contributed by atoms with Crippen LogP contribution in [0.25, 0.3) is 0 Å². The summed E-state index contributed by atoms with van der Waals surface area (Å²) in [5, 5.41) is 0. The molecule has 2 heterocycles. The van der Waals surface area contributed by atoms with Gasteiger partial charge >= 0.3 is 0 Å². The lowest BCUT2D eigenvalue weighted by Gasteiger charge is -2.35. The van der Waals surface area contributed by atoms with Crippen LogP contribution >= 0.6 is 0 Å². The second-order valence-corrected chi connectivity index (χ2v) is 8.55. The fraction of sp³-hybridized carbons (Fsp3) is 0.400.